The van der Waals surface area contributed by atoms with Crippen molar-refractivity contribution in [1.29, 1.82) is 0 Å². The summed E-state index contributed by atoms with van der Waals surface area (Å²) in [5.74, 6) is 6.10. The summed E-state index contributed by atoms with van der Waals surface area (Å²) in [6.45, 7) is 7.96. The molecule has 74 valence electrons. The van der Waals surface area contributed by atoms with E-state index in [0.717, 1.165) is 0 Å². The lowest BCUT2D eigenvalue weighted by molar-refractivity contribution is 0.117. The fraction of sp³-hybridized carbons (Fsp3) is 0.700. The fourth-order valence-electron chi connectivity index (χ4n) is 0.627. The van der Waals surface area contributed by atoms with Gasteiger partial charge >= 0.3 is 6.09 Å². The van der Waals surface area contributed by atoms with Crippen molar-refractivity contribution < 1.29 is 9.53 Å². The molecule has 0 radical (unpaired) electrons. The molecule has 0 unspecified atom stereocenters. The molecule has 0 fully saturated rings. The average molecular weight is 183 g/mol. The topological polar surface area (TPSA) is 38.3 Å². The van der Waals surface area contributed by atoms with Gasteiger partial charge in [0.05, 0.1) is 12.6 Å². The summed E-state index contributed by atoms with van der Waals surface area (Å²) < 4.78 is 4.84. The number of amides is 1. The van der Waals surface area contributed by atoms with Gasteiger partial charge in [-0.3, -0.25) is 0 Å². The van der Waals surface area contributed by atoms with Gasteiger partial charge in [-0.25, -0.2) is 4.79 Å². The van der Waals surface area contributed by atoms with E-state index in [1.165, 1.54) is 0 Å². The molecule has 0 spiro atoms. The third kappa shape index (κ3) is 8.74. The number of ether oxygens (including phenoxy) is 1. The zero-order valence-corrected chi connectivity index (χ0v) is 8.68. The minimum absolute atomic E-state index is 0.0851. The maximum Gasteiger partial charge on any atom is 0.408 e. The second-order valence-corrected chi connectivity index (χ2v) is 3.28. The van der Waals surface area contributed by atoms with Crippen molar-refractivity contribution in [2.45, 2.75) is 33.8 Å². The van der Waals surface area contributed by atoms with Gasteiger partial charge in [0.15, 0.2) is 0 Å². The number of nitrogens with one attached hydrogen (secondary N) is 1. The van der Waals surface area contributed by atoms with E-state index in [-0.39, 0.29) is 6.10 Å². The Morgan fingerprint density at radius 2 is 2.00 bits per heavy atom. The molecule has 3 nitrogen and oxygen atoms in total. The van der Waals surface area contributed by atoms with Crippen LogP contribution in [0, 0.1) is 17.8 Å². The van der Waals surface area contributed by atoms with Crippen LogP contribution in [0.25, 0.3) is 0 Å². The van der Waals surface area contributed by atoms with Gasteiger partial charge in [0.2, 0.25) is 0 Å². The molecule has 0 bridgehead atoms. The Kier molecular flexibility index (Phi) is 5.79. The normalized spacial score (nSPS) is 9.38. The first-order chi connectivity index (χ1) is 6.02. The first-order valence-electron chi connectivity index (χ1n) is 4.45. The number of rotatable bonds is 2. The third-order valence-corrected chi connectivity index (χ3v) is 1.05. The number of carbonyl (C=O) groups is 1. The van der Waals surface area contributed by atoms with Crippen LogP contribution in [-0.2, 0) is 4.74 Å². The molecule has 0 saturated heterocycles. The van der Waals surface area contributed by atoms with E-state index in [1.807, 2.05) is 13.8 Å². The molecule has 0 heterocycles. The second-order valence-electron chi connectivity index (χ2n) is 3.28. The number of alkyl carbamates (subject to hydrolysis) is 1. The monoisotopic (exact) mass is 183 g/mol. The van der Waals surface area contributed by atoms with E-state index in [2.05, 4.69) is 17.2 Å². The Balaban J connectivity index is 3.55. The molecule has 0 aliphatic rings. The highest BCUT2D eigenvalue weighted by atomic mass is 16.6. The lowest BCUT2D eigenvalue weighted by Gasteiger charge is -2.06. The first-order valence-corrected chi connectivity index (χ1v) is 4.45. The predicted molar refractivity (Wildman–Crippen MR) is 52.2 cm³/mol. The van der Waals surface area contributed by atoms with E-state index < -0.39 is 6.09 Å². The van der Waals surface area contributed by atoms with E-state index in [9.17, 15) is 4.79 Å². The van der Waals surface area contributed by atoms with Gasteiger partial charge in [-0.05, 0) is 13.8 Å². The van der Waals surface area contributed by atoms with Gasteiger partial charge in [-0.15, -0.1) is 0 Å². The molecule has 0 aromatic heterocycles. The Hall–Kier alpha value is -1.17. The van der Waals surface area contributed by atoms with Crippen LogP contribution in [0.5, 0.6) is 0 Å². The van der Waals surface area contributed by atoms with Gasteiger partial charge in [0.25, 0.3) is 0 Å². The minimum Gasteiger partial charge on any atom is -0.447 e. The molecule has 0 rings (SSSR count). The molecule has 0 aromatic carbocycles. The van der Waals surface area contributed by atoms with Gasteiger partial charge in [-0.2, -0.15) is 0 Å². The van der Waals surface area contributed by atoms with Crippen molar-refractivity contribution in [2.24, 2.45) is 5.92 Å². The van der Waals surface area contributed by atoms with Crippen LogP contribution in [0.3, 0.4) is 0 Å². The van der Waals surface area contributed by atoms with Crippen LogP contribution in [0.15, 0.2) is 0 Å². The smallest absolute Gasteiger partial charge is 0.408 e. The molecule has 1 N–H and O–H groups in total. The molecule has 0 aliphatic heterocycles. The summed E-state index contributed by atoms with van der Waals surface area (Å²) in [6, 6.07) is 0. The lowest BCUT2D eigenvalue weighted by Crippen LogP contribution is -2.27. The van der Waals surface area contributed by atoms with Gasteiger partial charge < -0.3 is 10.1 Å². The van der Waals surface area contributed by atoms with Crippen molar-refractivity contribution >= 4 is 6.09 Å². The lowest BCUT2D eigenvalue weighted by atomic mass is 10.2. The van der Waals surface area contributed by atoms with Crippen LogP contribution in [0.2, 0.25) is 0 Å². The Morgan fingerprint density at radius 3 is 2.46 bits per heavy atom. The molecule has 0 atom stereocenters. The van der Waals surface area contributed by atoms with Crippen molar-refractivity contribution in [2.75, 3.05) is 6.54 Å². The minimum atomic E-state index is -0.409. The Bertz CT molecular complexity index is 211. The summed E-state index contributed by atoms with van der Waals surface area (Å²) >= 11 is 0. The number of hydrogen-bond donors (Lipinski definition) is 1. The van der Waals surface area contributed by atoms with Crippen LogP contribution >= 0.6 is 0 Å². The molecule has 0 aliphatic carbocycles. The summed E-state index contributed by atoms with van der Waals surface area (Å²) in [5.41, 5.74) is 0. The van der Waals surface area contributed by atoms with E-state index >= 15 is 0 Å². The maximum atomic E-state index is 10.9. The van der Waals surface area contributed by atoms with E-state index in [4.69, 9.17) is 4.74 Å². The van der Waals surface area contributed by atoms with Gasteiger partial charge in [0.1, 0.15) is 0 Å². The third-order valence-electron chi connectivity index (χ3n) is 1.05. The fourth-order valence-corrected chi connectivity index (χ4v) is 0.627. The Morgan fingerprint density at radius 1 is 1.38 bits per heavy atom. The molecule has 13 heavy (non-hydrogen) atoms. The zero-order valence-electron chi connectivity index (χ0n) is 8.68. The van der Waals surface area contributed by atoms with Crippen LogP contribution in [0.4, 0.5) is 4.79 Å². The first kappa shape index (κ1) is 11.8. The highest BCUT2D eigenvalue weighted by Gasteiger charge is 2.01. The van der Waals surface area contributed by atoms with Gasteiger partial charge in [0, 0.05) is 5.92 Å². The van der Waals surface area contributed by atoms with Crippen LogP contribution in [0.1, 0.15) is 27.7 Å². The summed E-state index contributed by atoms with van der Waals surface area (Å²) in [6.07, 6.45) is -0.494. The molecule has 3 heteroatoms. The van der Waals surface area contributed by atoms with Crippen LogP contribution < -0.4 is 5.32 Å². The summed E-state index contributed by atoms with van der Waals surface area (Å²) in [5, 5.41) is 2.53. The number of carbonyl (C=O) groups excluding carboxylic acids is 1. The highest BCUT2D eigenvalue weighted by molar-refractivity contribution is 5.67. The quantitative estimate of drug-likeness (QED) is 0.663. The SMILES string of the molecule is CC(C)C#CCNC(=O)OC(C)C. The average Bonchev–Trinajstić information content (AvgIpc) is 1.96. The number of hydrogen-bond acceptors (Lipinski definition) is 2. The molecular weight excluding hydrogens is 166 g/mol. The zero-order chi connectivity index (χ0) is 10.3. The maximum absolute atomic E-state index is 10.9. The van der Waals surface area contributed by atoms with Crippen molar-refractivity contribution in [3.63, 3.8) is 0 Å². The molecular formula is C10H17NO2. The Labute approximate surface area is 79.8 Å². The predicted octanol–water partition coefficient (Wildman–Crippen LogP) is 1.78. The largest absolute Gasteiger partial charge is 0.447 e. The highest BCUT2D eigenvalue weighted by Crippen LogP contribution is 1.87. The summed E-state index contributed by atoms with van der Waals surface area (Å²) in [4.78, 5) is 10.9. The molecule has 0 aromatic rings. The second kappa shape index (κ2) is 6.36. The van der Waals surface area contributed by atoms with E-state index in [1.54, 1.807) is 13.8 Å². The standard InChI is InChI=1S/C10H17NO2/c1-8(2)6-5-7-11-10(12)13-9(3)4/h8-9H,7H2,1-4H3,(H,11,12). The molecule has 1 amide bonds. The van der Waals surface area contributed by atoms with Gasteiger partial charge in [-0.1, -0.05) is 25.7 Å². The van der Waals surface area contributed by atoms with Crippen molar-refractivity contribution in [3.05, 3.63) is 0 Å². The van der Waals surface area contributed by atoms with Crippen LogP contribution in [-0.4, -0.2) is 18.7 Å². The molecule has 0 saturated carbocycles. The van der Waals surface area contributed by atoms with Crippen molar-refractivity contribution in [3.8, 4) is 11.8 Å². The van der Waals surface area contributed by atoms with E-state index in [0.29, 0.717) is 12.5 Å². The van der Waals surface area contributed by atoms with Crippen molar-refractivity contribution in [1.82, 2.24) is 5.32 Å². The summed E-state index contributed by atoms with van der Waals surface area (Å²) in [7, 11) is 0.